The van der Waals surface area contributed by atoms with Crippen molar-refractivity contribution in [2.45, 2.75) is 59.3 Å². The lowest BCUT2D eigenvalue weighted by atomic mass is 9.92. The molecule has 0 bridgehead atoms. The molecule has 0 fully saturated rings. The first-order valence-electron chi connectivity index (χ1n) is 23.3. The Balaban J connectivity index is 1.20. The van der Waals surface area contributed by atoms with Gasteiger partial charge in [0, 0.05) is 74.4 Å². The number of hydrazine groups is 1. The number of fused-ring (bicyclic) bond motifs is 2. The minimum atomic E-state index is -5.03. The van der Waals surface area contributed by atoms with Crippen LogP contribution in [0.3, 0.4) is 0 Å². The fourth-order valence-corrected chi connectivity index (χ4v) is 8.34. The second kappa shape index (κ2) is 19.8. The van der Waals surface area contributed by atoms with Crippen LogP contribution in [0.4, 0.5) is 99.1 Å². The van der Waals surface area contributed by atoms with E-state index in [1.807, 2.05) is 0 Å². The van der Waals surface area contributed by atoms with Gasteiger partial charge in [0.05, 0.1) is 35.8 Å². The summed E-state index contributed by atoms with van der Waals surface area (Å²) in [6, 6.07) is 10.6. The van der Waals surface area contributed by atoms with Crippen LogP contribution >= 0.6 is 0 Å². The highest BCUT2D eigenvalue weighted by molar-refractivity contribution is 6.14. The minimum absolute atomic E-state index is 0.00314. The Morgan fingerprint density at radius 3 is 2.03 bits per heavy atom. The van der Waals surface area contributed by atoms with Gasteiger partial charge in [0.15, 0.2) is 5.69 Å². The molecule has 76 heavy (non-hydrogen) atoms. The summed E-state index contributed by atoms with van der Waals surface area (Å²) in [7, 11) is 4.67. The number of nitrogens with one attached hydrogen (secondary N) is 4. The summed E-state index contributed by atoms with van der Waals surface area (Å²) in [5, 5.41) is 19.1. The number of carbonyl (C=O) groups is 4. The average molecular weight is 1050 g/mol. The predicted octanol–water partition coefficient (Wildman–Crippen LogP) is 9.66. The number of anilines is 10. The van der Waals surface area contributed by atoms with E-state index in [9.17, 15) is 22.8 Å². The van der Waals surface area contributed by atoms with Gasteiger partial charge in [0.1, 0.15) is 34.8 Å². The van der Waals surface area contributed by atoms with Gasteiger partial charge >= 0.3 is 30.3 Å². The van der Waals surface area contributed by atoms with Crippen LogP contribution in [0.5, 0.6) is 0 Å². The molecule has 9 rings (SSSR count). The Morgan fingerprint density at radius 2 is 1.39 bits per heavy atom. The molecule has 394 valence electrons. The standard InChI is InChI=1S/C49H48F5N17O5/c1-9-66-41-28(23-58-43(56-7)62-41)24-67(47(66)75)30-15-16-31(50)33(18-30)59-44(72)71(39-21-36(64-76-39)48(3,4)5)70(45(73)60-38-20-37(49(52,53)54)63-69(38)29-13-11-10-12-14-29)35-19-34(26(2)17-32(35)51)68-25-27-22-57-42(55-6)61-40(27)65(8)46(68)74/h10-23H,9,24-25H2,1-8H3,(H,59,72)(H,60,73)(H,55,57,61)(H,56,58,62). The van der Waals surface area contributed by atoms with E-state index in [0.717, 1.165) is 28.9 Å². The molecular weight excluding hydrogens is 1000 g/mol. The third-order valence-electron chi connectivity index (χ3n) is 12.2. The molecule has 0 spiro atoms. The van der Waals surface area contributed by atoms with Crippen molar-refractivity contribution in [2.75, 3.05) is 78.6 Å². The van der Waals surface area contributed by atoms with Crippen LogP contribution in [-0.4, -0.2) is 86.7 Å². The summed E-state index contributed by atoms with van der Waals surface area (Å²) < 4.78 is 83.2. The molecule has 2 aliphatic rings. The Bertz CT molecular complexity index is 3420. The van der Waals surface area contributed by atoms with Gasteiger partial charge in [-0.15, -0.1) is 0 Å². The molecule has 7 aromatic rings. The molecule has 0 saturated heterocycles. The second-order valence-electron chi connectivity index (χ2n) is 18.3. The Kier molecular flexibility index (Phi) is 13.4. The average Bonchev–Trinajstić information content (AvgIpc) is 4.07. The van der Waals surface area contributed by atoms with Crippen molar-refractivity contribution in [1.82, 2.24) is 34.9 Å². The van der Waals surface area contributed by atoms with Crippen molar-refractivity contribution in [3.05, 3.63) is 125 Å². The Hall–Kier alpha value is -9.43. The van der Waals surface area contributed by atoms with E-state index in [2.05, 4.69) is 51.5 Å². The molecule has 0 radical (unpaired) electrons. The molecule has 4 N–H and O–H groups in total. The Morgan fingerprint density at radius 1 is 0.750 bits per heavy atom. The van der Waals surface area contributed by atoms with Gasteiger partial charge in [-0.05, 0) is 61.9 Å². The molecule has 22 nitrogen and oxygen atoms in total. The van der Waals surface area contributed by atoms with Crippen molar-refractivity contribution in [3.8, 4) is 5.69 Å². The Labute approximate surface area is 430 Å². The molecule has 3 aromatic carbocycles. The van der Waals surface area contributed by atoms with Gasteiger partial charge in [-0.2, -0.15) is 38.3 Å². The zero-order valence-electron chi connectivity index (χ0n) is 41.9. The number of hydrogen-bond donors (Lipinski definition) is 4. The number of alkyl halides is 3. The van der Waals surface area contributed by atoms with Gasteiger partial charge in [-0.25, -0.2) is 42.6 Å². The molecule has 0 unspecified atom stereocenters. The molecule has 0 aliphatic carbocycles. The van der Waals surface area contributed by atoms with E-state index in [1.54, 1.807) is 47.9 Å². The number of nitrogens with zero attached hydrogens (tertiary/aromatic N) is 13. The first-order chi connectivity index (χ1) is 36.1. The summed E-state index contributed by atoms with van der Waals surface area (Å²) in [6.07, 6.45) is -2.01. The van der Waals surface area contributed by atoms with E-state index in [0.29, 0.717) is 33.0 Å². The van der Waals surface area contributed by atoms with Crippen LogP contribution < -0.4 is 50.9 Å². The van der Waals surface area contributed by atoms with Crippen molar-refractivity contribution < 1.29 is 45.7 Å². The number of halogens is 5. The van der Waals surface area contributed by atoms with Gasteiger partial charge in [0.2, 0.25) is 11.9 Å². The number of benzene rings is 3. The second-order valence-corrected chi connectivity index (χ2v) is 18.3. The van der Waals surface area contributed by atoms with E-state index in [-0.39, 0.29) is 65.7 Å². The highest BCUT2D eigenvalue weighted by atomic mass is 19.4. The van der Waals surface area contributed by atoms with E-state index in [4.69, 9.17) is 4.52 Å². The molecule has 2 aliphatic heterocycles. The van der Waals surface area contributed by atoms with Gasteiger partial charge in [-0.3, -0.25) is 24.9 Å². The summed E-state index contributed by atoms with van der Waals surface area (Å²) in [5.74, 6) is -2.29. The van der Waals surface area contributed by atoms with Crippen LogP contribution in [0.25, 0.3) is 5.69 Å². The van der Waals surface area contributed by atoms with E-state index >= 15 is 18.4 Å². The smallest absolute Gasteiger partial charge is 0.357 e. The molecule has 4 aromatic heterocycles. The SMILES string of the molecule is CCN1C(=O)N(c2ccc(F)c(NC(=O)N(c3cc(C(C)(C)C)no3)N(C(=O)Nc3cc(C(F)(F)F)nn3-c3ccccc3)c3cc(N4Cc5cnc(NC)nc5N(C)C4=O)c(C)cc3F)c2)Cc2cnc(NC)nc21. The van der Waals surface area contributed by atoms with Crippen LogP contribution in [-0.2, 0) is 24.7 Å². The topological polar surface area (TPSA) is 231 Å². The molecule has 27 heteroatoms. The number of carbonyl (C=O) groups excluding carboxylic acids is 4. The lowest BCUT2D eigenvalue weighted by Crippen LogP contribution is -2.54. The van der Waals surface area contributed by atoms with Crippen LogP contribution in [0.1, 0.15) is 55.8 Å². The number of rotatable bonds is 10. The number of hydrogen-bond acceptors (Lipinski definition) is 13. The highest BCUT2D eigenvalue weighted by Crippen LogP contribution is 2.40. The van der Waals surface area contributed by atoms with Crippen molar-refractivity contribution in [1.29, 1.82) is 0 Å². The summed E-state index contributed by atoms with van der Waals surface area (Å²) >= 11 is 0. The molecular formula is C49H48F5N17O5. The molecule has 6 heterocycles. The quantitative estimate of drug-likeness (QED) is 0.0739. The van der Waals surface area contributed by atoms with E-state index < -0.39 is 76.1 Å². The lowest BCUT2D eigenvalue weighted by Gasteiger charge is -2.36. The normalized spacial score (nSPS) is 13.6. The summed E-state index contributed by atoms with van der Waals surface area (Å²) in [4.78, 5) is 81.5. The highest BCUT2D eigenvalue weighted by Gasteiger charge is 2.41. The van der Waals surface area contributed by atoms with Crippen molar-refractivity contribution in [2.24, 2.45) is 0 Å². The first-order valence-corrected chi connectivity index (χ1v) is 23.3. The fourth-order valence-electron chi connectivity index (χ4n) is 8.34. The lowest BCUT2D eigenvalue weighted by molar-refractivity contribution is -0.141. The van der Waals surface area contributed by atoms with Gasteiger partial charge in [0.25, 0.3) is 5.88 Å². The van der Waals surface area contributed by atoms with Gasteiger partial charge in [-0.1, -0.05) is 44.1 Å². The monoisotopic (exact) mass is 1050 g/mol. The third-order valence-corrected chi connectivity index (χ3v) is 12.2. The zero-order valence-corrected chi connectivity index (χ0v) is 41.9. The van der Waals surface area contributed by atoms with Crippen LogP contribution in [0.15, 0.2) is 89.7 Å². The van der Waals surface area contributed by atoms with Crippen LogP contribution in [0.2, 0.25) is 0 Å². The number of aromatic nitrogens is 7. The summed E-state index contributed by atoms with van der Waals surface area (Å²) in [5.41, 5.74) is -2.04. The molecule has 0 saturated carbocycles. The molecule has 0 atom stereocenters. The van der Waals surface area contributed by atoms with Crippen molar-refractivity contribution in [3.63, 3.8) is 0 Å². The maximum atomic E-state index is 17.2. The number of amides is 8. The minimum Gasteiger partial charge on any atom is -0.357 e. The first kappa shape index (κ1) is 51.5. The predicted molar refractivity (Wildman–Crippen MR) is 272 cm³/mol. The zero-order chi connectivity index (χ0) is 54.5. The largest absolute Gasteiger partial charge is 0.435 e. The number of para-hydroxylation sites is 1. The van der Waals surface area contributed by atoms with Crippen LogP contribution in [0, 0.1) is 18.6 Å². The number of urea groups is 4. The maximum absolute atomic E-state index is 17.2. The van der Waals surface area contributed by atoms with Crippen molar-refractivity contribution >= 4 is 82.1 Å². The van der Waals surface area contributed by atoms with E-state index in [1.165, 1.54) is 82.4 Å². The molecule has 8 amide bonds. The number of aryl methyl sites for hydroxylation is 1. The maximum Gasteiger partial charge on any atom is 0.435 e. The van der Waals surface area contributed by atoms with Gasteiger partial charge < -0.3 is 20.5 Å². The fraction of sp³-hybridized carbons (Fsp3) is 0.265. The third kappa shape index (κ3) is 9.63. The summed E-state index contributed by atoms with van der Waals surface area (Å²) in [6.45, 7) is 8.40.